The summed E-state index contributed by atoms with van der Waals surface area (Å²) in [4.78, 5) is 2.43. The quantitative estimate of drug-likeness (QED) is 0.749. The lowest BCUT2D eigenvalue weighted by atomic mass is 10.0. The van der Waals surface area contributed by atoms with Crippen molar-refractivity contribution < 1.29 is 10.2 Å². The van der Waals surface area contributed by atoms with Crippen molar-refractivity contribution in [3.63, 3.8) is 0 Å². The van der Waals surface area contributed by atoms with Crippen LogP contribution in [0.2, 0.25) is 0 Å². The van der Waals surface area contributed by atoms with Crippen LogP contribution in [0, 0.1) is 0 Å². The van der Waals surface area contributed by atoms with Gasteiger partial charge in [-0.15, -0.1) is 0 Å². The molecule has 0 radical (unpaired) electrons. The lowest BCUT2D eigenvalue weighted by Crippen LogP contribution is -2.39. The fourth-order valence-corrected chi connectivity index (χ4v) is 3.00. The summed E-state index contributed by atoms with van der Waals surface area (Å²) >= 11 is 0. The molecule has 0 amide bonds. The molecule has 0 bridgehead atoms. The fourth-order valence-electron chi connectivity index (χ4n) is 3.00. The third kappa shape index (κ3) is 3.87. The Hall–Kier alpha value is -1.26. The number of nitrogens with zero attached hydrogens (tertiary/aromatic N) is 1. The smallest absolute Gasteiger partial charge is 0.119 e. The van der Waals surface area contributed by atoms with Gasteiger partial charge in [0.2, 0.25) is 0 Å². The molecule has 1 aliphatic rings. The molecule has 2 rings (SSSR count). The van der Waals surface area contributed by atoms with Crippen LogP contribution >= 0.6 is 0 Å². The first-order valence-electron chi connectivity index (χ1n) is 7.60. The molecule has 0 spiro atoms. The second-order valence-corrected chi connectivity index (χ2v) is 5.75. The number of nitrogens with one attached hydrogen (secondary N) is 1. The van der Waals surface area contributed by atoms with E-state index in [0.717, 1.165) is 31.6 Å². The molecule has 0 saturated carbocycles. The first-order valence-corrected chi connectivity index (χ1v) is 7.60. The van der Waals surface area contributed by atoms with E-state index in [2.05, 4.69) is 24.1 Å². The molecular formula is C16H26N2O2. The highest BCUT2D eigenvalue weighted by molar-refractivity contribution is 5.38. The molecule has 2 unspecified atom stereocenters. The monoisotopic (exact) mass is 278 g/mol. The highest BCUT2D eigenvalue weighted by Crippen LogP contribution is 2.28. The largest absolute Gasteiger partial charge is 0.508 e. The molecule has 1 aromatic rings. The van der Waals surface area contributed by atoms with E-state index in [-0.39, 0.29) is 17.5 Å². The molecule has 3 N–H and O–H groups in total. The predicted molar refractivity (Wildman–Crippen MR) is 81.1 cm³/mol. The van der Waals surface area contributed by atoms with E-state index in [9.17, 15) is 10.2 Å². The van der Waals surface area contributed by atoms with E-state index in [1.807, 2.05) is 0 Å². The molecule has 0 aromatic heterocycles. The van der Waals surface area contributed by atoms with Gasteiger partial charge in [0.15, 0.2) is 0 Å². The Morgan fingerprint density at radius 1 is 1.30 bits per heavy atom. The molecule has 20 heavy (non-hydrogen) atoms. The SMILES string of the molecule is CCCN(CC1CCCN1)C(C)c1cc(O)cc(O)c1. The maximum Gasteiger partial charge on any atom is 0.119 e. The Labute approximate surface area is 121 Å². The summed E-state index contributed by atoms with van der Waals surface area (Å²) in [6.07, 6.45) is 3.59. The maximum absolute atomic E-state index is 9.65. The highest BCUT2D eigenvalue weighted by atomic mass is 16.3. The van der Waals surface area contributed by atoms with Gasteiger partial charge in [0, 0.05) is 24.7 Å². The Bertz CT molecular complexity index is 410. The van der Waals surface area contributed by atoms with Crippen LogP contribution in [0.25, 0.3) is 0 Å². The van der Waals surface area contributed by atoms with Crippen molar-refractivity contribution in [1.29, 1.82) is 0 Å². The van der Waals surface area contributed by atoms with Crippen LogP contribution in [0.4, 0.5) is 0 Å². The van der Waals surface area contributed by atoms with Crippen LogP contribution in [-0.2, 0) is 0 Å². The fraction of sp³-hybridized carbons (Fsp3) is 0.625. The van der Waals surface area contributed by atoms with Gasteiger partial charge in [-0.1, -0.05) is 6.92 Å². The van der Waals surface area contributed by atoms with Crippen molar-refractivity contribution in [2.75, 3.05) is 19.6 Å². The van der Waals surface area contributed by atoms with Gasteiger partial charge in [0.05, 0.1) is 0 Å². The van der Waals surface area contributed by atoms with Crippen LogP contribution in [0.1, 0.15) is 44.7 Å². The number of hydrogen-bond acceptors (Lipinski definition) is 4. The normalized spacial score (nSPS) is 20.4. The summed E-state index contributed by atoms with van der Waals surface area (Å²) < 4.78 is 0. The molecule has 1 heterocycles. The Morgan fingerprint density at radius 2 is 2.00 bits per heavy atom. The van der Waals surface area contributed by atoms with Crippen molar-refractivity contribution in [1.82, 2.24) is 10.2 Å². The second-order valence-electron chi connectivity index (χ2n) is 5.75. The molecule has 112 valence electrons. The minimum Gasteiger partial charge on any atom is -0.508 e. The van der Waals surface area contributed by atoms with E-state index in [1.54, 1.807) is 12.1 Å². The Morgan fingerprint density at radius 3 is 2.55 bits per heavy atom. The number of phenolic OH excluding ortho intramolecular Hbond substituents is 2. The summed E-state index contributed by atoms with van der Waals surface area (Å²) in [5.74, 6) is 0.254. The minimum absolute atomic E-state index is 0.127. The van der Waals surface area contributed by atoms with E-state index in [0.29, 0.717) is 6.04 Å². The summed E-state index contributed by atoms with van der Waals surface area (Å²) in [5, 5.41) is 22.8. The first-order chi connectivity index (χ1) is 9.60. The van der Waals surface area contributed by atoms with Gasteiger partial charge in [-0.25, -0.2) is 0 Å². The second kappa shape index (κ2) is 6.95. The van der Waals surface area contributed by atoms with E-state index in [4.69, 9.17) is 0 Å². The van der Waals surface area contributed by atoms with E-state index in [1.165, 1.54) is 18.9 Å². The van der Waals surface area contributed by atoms with Crippen molar-refractivity contribution in [3.8, 4) is 11.5 Å². The number of aromatic hydroxyl groups is 2. The molecule has 2 atom stereocenters. The summed E-state index contributed by atoms with van der Waals surface area (Å²) in [5.41, 5.74) is 0.967. The third-order valence-corrected chi connectivity index (χ3v) is 4.08. The molecule has 1 aromatic carbocycles. The summed E-state index contributed by atoms with van der Waals surface area (Å²) in [6, 6.07) is 5.62. The van der Waals surface area contributed by atoms with Crippen LogP contribution in [0.3, 0.4) is 0 Å². The third-order valence-electron chi connectivity index (χ3n) is 4.08. The maximum atomic E-state index is 9.65. The standard InChI is InChI=1S/C16H26N2O2/c1-3-7-18(11-14-5-4-6-17-14)12(2)13-8-15(19)10-16(20)9-13/h8-10,12,14,17,19-20H,3-7,11H2,1-2H3. The molecular weight excluding hydrogens is 252 g/mol. The topological polar surface area (TPSA) is 55.7 Å². The van der Waals surface area contributed by atoms with Crippen molar-refractivity contribution in [2.24, 2.45) is 0 Å². The summed E-state index contributed by atoms with van der Waals surface area (Å²) in [7, 11) is 0. The lowest BCUT2D eigenvalue weighted by Gasteiger charge is -2.31. The number of rotatable bonds is 6. The zero-order valence-electron chi connectivity index (χ0n) is 12.5. The highest BCUT2D eigenvalue weighted by Gasteiger charge is 2.22. The van der Waals surface area contributed by atoms with Crippen LogP contribution in [0.5, 0.6) is 11.5 Å². The average Bonchev–Trinajstić information content (AvgIpc) is 2.89. The lowest BCUT2D eigenvalue weighted by molar-refractivity contribution is 0.192. The van der Waals surface area contributed by atoms with Crippen molar-refractivity contribution in [3.05, 3.63) is 23.8 Å². The van der Waals surface area contributed by atoms with Gasteiger partial charge in [0.25, 0.3) is 0 Å². The van der Waals surface area contributed by atoms with Crippen LogP contribution < -0.4 is 5.32 Å². The molecule has 1 aliphatic heterocycles. The van der Waals surface area contributed by atoms with Gasteiger partial charge in [0.1, 0.15) is 11.5 Å². The Kier molecular flexibility index (Phi) is 5.26. The van der Waals surface area contributed by atoms with Gasteiger partial charge < -0.3 is 15.5 Å². The molecule has 4 nitrogen and oxygen atoms in total. The Balaban J connectivity index is 2.09. The van der Waals surface area contributed by atoms with Gasteiger partial charge >= 0.3 is 0 Å². The number of hydrogen-bond donors (Lipinski definition) is 3. The van der Waals surface area contributed by atoms with E-state index >= 15 is 0 Å². The molecule has 1 fully saturated rings. The average molecular weight is 278 g/mol. The minimum atomic E-state index is 0.127. The number of benzene rings is 1. The van der Waals surface area contributed by atoms with E-state index < -0.39 is 0 Å². The van der Waals surface area contributed by atoms with Gasteiger partial charge in [-0.05, 0) is 57.0 Å². The summed E-state index contributed by atoms with van der Waals surface area (Å²) in [6.45, 7) is 7.48. The van der Waals surface area contributed by atoms with Gasteiger partial charge in [-0.3, -0.25) is 4.90 Å². The zero-order valence-corrected chi connectivity index (χ0v) is 12.5. The first kappa shape index (κ1) is 15.1. The molecule has 0 aliphatic carbocycles. The number of phenols is 2. The van der Waals surface area contributed by atoms with Crippen LogP contribution in [0.15, 0.2) is 18.2 Å². The van der Waals surface area contributed by atoms with Crippen molar-refractivity contribution >= 4 is 0 Å². The van der Waals surface area contributed by atoms with Crippen LogP contribution in [-0.4, -0.2) is 40.8 Å². The zero-order chi connectivity index (χ0) is 14.5. The predicted octanol–water partition coefficient (Wildman–Crippen LogP) is 2.62. The van der Waals surface area contributed by atoms with Gasteiger partial charge in [-0.2, -0.15) is 0 Å². The molecule has 1 saturated heterocycles. The molecule has 4 heteroatoms. The van der Waals surface area contributed by atoms with Crippen molar-refractivity contribution in [2.45, 2.75) is 45.2 Å².